The molecular weight excluding hydrogens is 154 g/mol. The summed E-state index contributed by atoms with van der Waals surface area (Å²) in [6, 6.07) is 0. The number of Topliss-reactive ketones (excluding diaryl/α,β-unsaturated/α-hetero) is 1. The molecule has 1 aliphatic carbocycles. The molecule has 0 heterocycles. The second-order valence-electron chi connectivity index (χ2n) is 3.10. The zero-order valence-electron chi connectivity index (χ0n) is 7.39. The van der Waals surface area contributed by atoms with Crippen LogP contribution in [-0.4, -0.2) is 11.0 Å². The number of hydrogen-bond donors (Lipinski definition) is 2. The van der Waals surface area contributed by atoms with E-state index in [1.165, 1.54) is 0 Å². The molecule has 0 aromatic heterocycles. The largest absolute Gasteiger partial charge is 0.294 e. The van der Waals surface area contributed by atoms with Gasteiger partial charge in [0.15, 0.2) is 5.78 Å². The number of ketones is 1. The van der Waals surface area contributed by atoms with E-state index in [-0.39, 0.29) is 5.78 Å². The molecule has 0 radical (unpaired) electrons. The van der Waals surface area contributed by atoms with Crippen LogP contribution in [0.3, 0.4) is 0 Å². The standard InChI is InChI=1S/C9H15NO2/c1-2-4-9(11)7-5-3-6-8(7)10-12/h10,12H,2-6H2,1H3. The number of carbonyl (C=O) groups excluding carboxylic acids is 1. The van der Waals surface area contributed by atoms with Gasteiger partial charge in [-0.15, -0.1) is 0 Å². The Morgan fingerprint density at radius 2 is 2.33 bits per heavy atom. The lowest BCUT2D eigenvalue weighted by Crippen LogP contribution is -2.10. The molecule has 0 saturated carbocycles. The topological polar surface area (TPSA) is 49.3 Å². The van der Waals surface area contributed by atoms with Crippen LogP contribution in [-0.2, 0) is 4.79 Å². The van der Waals surface area contributed by atoms with Crippen LogP contribution in [0.25, 0.3) is 0 Å². The summed E-state index contributed by atoms with van der Waals surface area (Å²) < 4.78 is 0. The van der Waals surface area contributed by atoms with Gasteiger partial charge in [0, 0.05) is 17.7 Å². The molecule has 0 aromatic carbocycles. The summed E-state index contributed by atoms with van der Waals surface area (Å²) in [6.45, 7) is 1.99. The molecule has 3 heteroatoms. The van der Waals surface area contributed by atoms with Gasteiger partial charge in [-0.25, -0.2) is 0 Å². The van der Waals surface area contributed by atoms with Crippen LogP contribution in [0.2, 0.25) is 0 Å². The average Bonchev–Trinajstić information content (AvgIpc) is 2.51. The van der Waals surface area contributed by atoms with Gasteiger partial charge >= 0.3 is 0 Å². The third-order valence-corrected chi connectivity index (χ3v) is 2.17. The van der Waals surface area contributed by atoms with Crippen molar-refractivity contribution in [3.63, 3.8) is 0 Å². The Hall–Kier alpha value is -0.830. The predicted molar refractivity (Wildman–Crippen MR) is 45.7 cm³/mol. The molecule has 0 aromatic rings. The molecule has 12 heavy (non-hydrogen) atoms. The quantitative estimate of drug-likeness (QED) is 0.630. The fourth-order valence-electron chi connectivity index (χ4n) is 1.55. The smallest absolute Gasteiger partial charge is 0.160 e. The Balaban J connectivity index is 2.65. The van der Waals surface area contributed by atoms with Crippen LogP contribution in [0.1, 0.15) is 39.0 Å². The van der Waals surface area contributed by atoms with E-state index in [0.29, 0.717) is 6.42 Å². The van der Waals surface area contributed by atoms with Gasteiger partial charge in [-0.05, 0) is 25.7 Å². The lowest BCUT2D eigenvalue weighted by Gasteiger charge is -2.03. The first-order chi connectivity index (χ1) is 5.79. The Morgan fingerprint density at radius 1 is 1.58 bits per heavy atom. The SMILES string of the molecule is CCCC(=O)C1=C(NO)CCC1. The first kappa shape index (κ1) is 9.26. The van der Waals surface area contributed by atoms with Crippen molar-refractivity contribution in [2.45, 2.75) is 39.0 Å². The number of hydroxylamine groups is 1. The van der Waals surface area contributed by atoms with E-state index in [0.717, 1.165) is 37.0 Å². The molecule has 0 spiro atoms. The second kappa shape index (κ2) is 4.26. The third kappa shape index (κ3) is 1.85. The molecule has 0 atom stereocenters. The molecule has 1 rings (SSSR count). The normalized spacial score (nSPS) is 16.8. The predicted octanol–water partition coefficient (Wildman–Crippen LogP) is 1.77. The van der Waals surface area contributed by atoms with Gasteiger partial charge in [0.1, 0.15) is 0 Å². The minimum atomic E-state index is 0.187. The maximum absolute atomic E-state index is 11.4. The highest BCUT2D eigenvalue weighted by molar-refractivity contribution is 5.96. The fraction of sp³-hybridized carbons (Fsp3) is 0.667. The highest BCUT2D eigenvalue weighted by atomic mass is 16.5. The summed E-state index contributed by atoms with van der Waals surface area (Å²) in [6.07, 6.45) is 4.08. The van der Waals surface area contributed by atoms with Crippen LogP contribution in [0.15, 0.2) is 11.3 Å². The molecule has 68 valence electrons. The summed E-state index contributed by atoms with van der Waals surface area (Å²) in [5.74, 6) is 0.187. The molecule has 0 saturated heterocycles. The highest BCUT2D eigenvalue weighted by Gasteiger charge is 2.19. The van der Waals surface area contributed by atoms with Gasteiger partial charge in [0.25, 0.3) is 0 Å². The Bertz CT molecular complexity index is 209. The van der Waals surface area contributed by atoms with E-state index in [1.54, 1.807) is 0 Å². The van der Waals surface area contributed by atoms with Gasteiger partial charge in [0.05, 0.1) is 0 Å². The number of carbonyl (C=O) groups is 1. The Labute approximate surface area is 72.4 Å². The van der Waals surface area contributed by atoms with Crippen molar-refractivity contribution in [1.82, 2.24) is 5.48 Å². The maximum atomic E-state index is 11.4. The molecule has 0 bridgehead atoms. The van der Waals surface area contributed by atoms with Gasteiger partial charge in [-0.2, -0.15) is 0 Å². The van der Waals surface area contributed by atoms with E-state index in [4.69, 9.17) is 5.21 Å². The van der Waals surface area contributed by atoms with Gasteiger partial charge in [0.2, 0.25) is 0 Å². The molecule has 0 unspecified atom stereocenters. The summed E-state index contributed by atoms with van der Waals surface area (Å²) in [7, 11) is 0. The third-order valence-electron chi connectivity index (χ3n) is 2.17. The van der Waals surface area contributed by atoms with Crippen molar-refractivity contribution in [1.29, 1.82) is 0 Å². The Kier molecular flexibility index (Phi) is 3.29. The number of allylic oxidation sites excluding steroid dienone is 2. The van der Waals surface area contributed by atoms with Crippen molar-refractivity contribution in [2.75, 3.05) is 0 Å². The molecule has 0 aliphatic heterocycles. The van der Waals surface area contributed by atoms with Crippen molar-refractivity contribution < 1.29 is 10.0 Å². The molecule has 3 nitrogen and oxygen atoms in total. The average molecular weight is 169 g/mol. The zero-order chi connectivity index (χ0) is 8.97. The first-order valence-electron chi connectivity index (χ1n) is 4.45. The van der Waals surface area contributed by atoms with E-state index >= 15 is 0 Å². The minimum absolute atomic E-state index is 0.187. The lowest BCUT2D eigenvalue weighted by molar-refractivity contribution is -0.115. The molecule has 0 amide bonds. The number of rotatable bonds is 4. The summed E-state index contributed by atoms with van der Waals surface area (Å²) in [5, 5.41) is 8.69. The van der Waals surface area contributed by atoms with Crippen LogP contribution in [0, 0.1) is 0 Å². The zero-order valence-corrected chi connectivity index (χ0v) is 7.39. The van der Waals surface area contributed by atoms with Crippen molar-refractivity contribution in [3.05, 3.63) is 11.3 Å². The molecule has 1 aliphatic rings. The lowest BCUT2D eigenvalue weighted by atomic mass is 10.1. The van der Waals surface area contributed by atoms with E-state index in [1.807, 2.05) is 6.92 Å². The summed E-state index contributed by atoms with van der Waals surface area (Å²) >= 11 is 0. The van der Waals surface area contributed by atoms with Crippen molar-refractivity contribution >= 4 is 5.78 Å². The molecular formula is C9H15NO2. The van der Waals surface area contributed by atoms with E-state index in [2.05, 4.69) is 5.48 Å². The van der Waals surface area contributed by atoms with Crippen LogP contribution in [0.4, 0.5) is 0 Å². The monoisotopic (exact) mass is 169 g/mol. The highest BCUT2D eigenvalue weighted by Crippen LogP contribution is 2.25. The first-order valence-corrected chi connectivity index (χ1v) is 4.45. The van der Waals surface area contributed by atoms with Crippen LogP contribution >= 0.6 is 0 Å². The summed E-state index contributed by atoms with van der Waals surface area (Å²) in [4.78, 5) is 11.4. The van der Waals surface area contributed by atoms with Gasteiger partial charge in [-0.3, -0.25) is 15.5 Å². The number of nitrogens with one attached hydrogen (secondary N) is 1. The number of hydrogen-bond acceptors (Lipinski definition) is 3. The van der Waals surface area contributed by atoms with E-state index < -0.39 is 0 Å². The maximum Gasteiger partial charge on any atom is 0.160 e. The van der Waals surface area contributed by atoms with Crippen LogP contribution < -0.4 is 5.48 Å². The molecule has 0 fully saturated rings. The molecule has 2 N–H and O–H groups in total. The van der Waals surface area contributed by atoms with Gasteiger partial charge < -0.3 is 0 Å². The fourth-order valence-corrected chi connectivity index (χ4v) is 1.55. The van der Waals surface area contributed by atoms with Crippen molar-refractivity contribution in [2.24, 2.45) is 0 Å². The van der Waals surface area contributed by atoms with E-state index in [9.17, 15) is 4.79 Å². The summed E-state index contributed by atoms with van der Waals surface area (Å²) in [5.41, 5.74) is 3.65. The Morgan fingerprint density at radius 3 is 2.92 bits per heavy atom. The minimum Gasteiger partial charge on any atom is -0.294 e. The second-order valence-corrected chi connectivity index (χ2v) is 3.10. The van der Waals surface area contributed by atoms with Crippen molar-refractivity contribution in [3.8, 4) is 0 Å². The van der Waals surface area contributed by atoms with Gasteiger partial charge in [-0.1, -0.05) is 6.92 Å². The van der Waals surface area contributed by atoms with Crippen LogP contribution in [0.5, 0.6) is 0 Å².